The van der Waals surface area contributed by atoms with Crippen molar-refractivity contribution in [1.82, 2.24) is 0 Å². The van der Waals surface area contributed by atoms with Crippen molar-refractivity contribution < 1.29 is 10.0 Å². The topological polar surface area (TPSA) is 111 Å². The molecule has 0 amide bonds. The first-order chi connectivity index (χ1) is 8.10. The summed E-state index contributed by atoms with van der Waals surface area (Å²) < 4.78 is 0. The molecule has 1 N–H and O–H groups in total. The second kappa shape index (κ2) is 5.16. The first-order valence-electron chi connectivity index (χ1n) is 4.37. The van der Waals surface area contributed by atoms with Crippen LogP contribution in [-0.4, -0.2) is 10.0 Å². The van der Waals surface area contributed by atoms with Gasteiger partial charge in [-0.05, 0) is 6.07 Å². The van der Waals surface area contributed by atoms with E-state index in [-0.39, 0.29) is 17.5 Å². The van der Waals surface area contributed by atoms with Crippen molar-refractivity contribution in [3.63, 3.8) is 0 Å². The Morgan fingerprint density at radius 3 is 2.65 bits per heavy atom. The van der Waals surface area contributed by atoms with E-state index in [2.05, 4.69) is 11.8 Å². The molecule has 0 heterocycles. The van der Waals surface area contributed by atoms with Gasteiger partial charge in [0.25, 0.3) is 0 Å². The fraction of sp³-hybridized carbons (Fsp3) is 0.0909. The highest BCUT2D eigenvalue weighted by Gasteiger charge is 2.18. The van der Waals surface area contributed by atoms with Crippen LogP contribution in [0.4, 0.5) is 5.69 Å². The maximum Gasteiger partial charge on any atom is 0.313 e. The van der Waals surface area contributed by atoms with E-state index >= 15 is 0 Å². The third-order valence-corrected chi connectivity index (χ3v) is 1.81. The highest BCUT2D eigenvalue weighted by molar-refractivity contribution is 5.61. The van der Waals surface area contributed by atoms with Crippen molar-refractivity contribution in [2.24, 2.45) is 0 Å². The summed E-state index contributed by atoms with van der Waals surface area (Å²) in [5.41, 5.74) is -0.591. The van der Waals surface area contributed by atoms with Crippen molar-refractivity contribution in [2.75, 3.05) is 0 Å². The van der Waals surface area contributed by atoms with Crippen molar-refractivity contribution in [3.8, 4) is 29.7 Å². The van der Waals surface area contributed by atoms with Gasteiger partial charge in [-0.2, -0.15) is 10.5 Å². The fourth-order valence-corrected chi connectivity index (χ4v) is 1.10. The SMILES string of the molecule is N#CCC#Cc1cc(C#N)cc([N+](=O)[O-])c1O. The number of aromatic hydroxyl groups is 1. The summed E-state index contributed by atoms with van der Waals surface area (Å²) in [7, 11) is 0. The number of nitro benzene ring substituents is 1. The Hall–Kier alpha value is -3.04. The van der Waals surface area contributed by atoms with Crippen molar-refractivity contribution in [1.29, 1.82) is 10.5 Å². The van der Waals surface area contributed by atoms with Crippen molar-refractivity contribution in [3.05, 3.63) is 33.4 Å². The van der Waals surface area contributed by atoms with Gasteiger partial charge in [0.05, 0.1) is 34.6 Å². The number of hydrogen-bond donors (Lipinski definition) is 1. The predicted molar refractivity (Wildman–Crippen MR) is 56.6 cm³/mol. The number of nitrogens with zero attached hydrogens (tertiary/aromatic N) is 3. The van der Waals surface area contributed by atoms with E-state index < -0.39 is 16.4 Å². The van der Waals surface area contributed by atoms with Crippen LogP contribution < -0.4 is 0 Å². The van der Waals surface area contributed by atoms with E-state index in [4.69, 9.17) is 10.5 Å². The largest absolute Gasteiger partial charge is 0.501 e. The summed E-state index contributed by atoms with van der Waals surface area (Å²) in [5, 5.41) is 37.1. The molecule has 0 unspecified atom stereocenters. The van der Waals surface area contributed by atoms with Crippen LogP contribution >= 0.6 is 0 Å². The van der Waals surface area contributed by atoms with Crippen LogP contribution in [0.5, 0.6) is 5.75 Å². The third kappa shape index (κ3) is 2.71. The maximum atomic E-state index is 10.6. The first-order valence-corrected chi connectivity index (χ1v) is 4.37. The van der Waals surface area contributed by atoms with E-state index in [0.29, 0.717) is 0 Å². The van der Waals surface area contributed by atoms with Crippen LogP contribution in [0.2, 0.25) is 0 Å². The summed E-state index contributed by atoms with van der Waals surface area (Å²) in [4.78, 5) is 9.81. The smallest absolute Gasteiger partial charge is 0.313 e. The zero-order valence-corrected chi connectivity index (χ0v) is 8.47. The molecule has 1 aromatic carbocycles. The Balaban J connectivity index is 3.38. The Morgan fingerprint density at radius 1 is 1.41 bits per heavy atom. The van der Waals surface area contributed by atoms with Gasteiger partial charge < -0.3 is 5.11 Å². The van der Waals surface area contributed by atoms with Gasteiger partial charge in [-0.25, -0.2) is 0 Å². The van der Waals surface area contributed by atoms with E-state index in [1.54, 1.807) is 12.1 Å². The molecule has 0 aromatic heterocycles. The van der Waals surface area contributed by atoms with Crippen LogP contribution in [0.25, 0.3) is 0 Å². The molecule has 82 valence electrons. The molecular formula is C11H5N3O3. The van der Waals surface area contributed by atoms with Crippen LogP contribution in [0, 0.1) is 44.6 Å². The molecule has 0 atom stereocenters. The van der Waals surface area contributed by atoms with Crippen LogP contribution in [0.3, 0.4) is 0 Å². The Kier molecular flexibility index (Phi) is 3.65. The van der Waals surface area contributed by atoms with Crippen LogP contribution in [0.15, 0.2) is 12.1 Å². The zero-order valence-electron chi connectivity index (χ0n) is 8.47. The summed E-state index contributed by atoms with van der Waals surface area (Å²) in [6.45, 7) is 0. The molecule has 1 rings (SSSR count). The number of phenolic OH excluding ortho intramolecular Hbond substituents is 1. The van der Waals surface area contributed by atoms with E-state index in [0.717, 1.165) is 6.07 Å². The number of nitriles is 2. The normalized spacial score (nSPS) is 8.35. The highest BCUT2D eigenvalue weighted by atomic mass is 16.6. The lowest BCUT2D eigenvalue weighted by molar-refractivity contribution is -0.385. The van der Waals surface area contributed by atoms with Gasteiger partial charge in [0.2, 0.25) is 5.75 Å². The van der Waals surface area contributed by atoms with E-state index in [9.17, 15) is 15.2 Å². The van der Waals surface area contributed by atoms with Gasteiger partial charge in [0.15, 0.2) is 0 Å². The predicted octanol–water partition coefficient (Wildman–Crippen LogP) is 1.44. The standard InChI is InChI=1S/C11H5N3O3/c12-4-2-1-3-9-5-8(7-13)6-10(11(9)15)14(16)17/h5-6,15H,2H2. The average Bonchev–Trinajstić information content (AvgIpc) is 2.31. The number of phenols is 1. The van der Waals surface area contributed by atoms with Gasteiger partial charge >= 0.3 is 5.69 Å². The number of benzene rings is 1. The lowest BCUT2D eigenvalue weighted by atomic mass is 10.1. The minimum atomic E-state index is -0.800. The second-order valence-electron chi connectivity index (χ2n) is 2.90. The van der Waals surface area contributed by atoms with Crippen LogP contribution in [-0.2, 0) is 0 Å². The molecule has 0 radical (unpaired) electrons. The van der Waals surface area contributed by atoms with Crippen molar-refractivity contribution in [2.45, 2.75) is 6.42 Å². The van der Waals surface area contributed by atoms with E-state index in [1.807, 2.05) is 0 Å². The molecule has 1 aromatic rings. The van der Waals surface area contributed by atoms with Gasteiger partial charge in [0.1, 0.15) is 0 Å². The highest BCUT2D eigenvalue weighted by Crippen LogP contribution is 2.30. The monoisotopic (exact) mass is 227 g/mol. The zero-order chi connectivity index (χ0) is 12.8. The van der Waals surface area contributed by atoms with Crippen LogP contribution in [0.1, 0.15) is 17.5 Å². The maximum absolute atomic E-state index is 10.6. The average molecular weight is 227 g/mol. The molecule has 0 aliphatic heterocycles. The number of rotatable bonds is 1. The molecule has 6 nitrogen and oxygen atoms in total. The third-order valence-electron chi connectivity index (χ3n) is 1.81. The van der Waals surface area contributed by atoms with Gasteiger partial charge in [-0.15, -0.1) is 0 Å². The van der Waals surface area contributed by atoms with Gasteiger partial charge in [-0.1, -0.05) is 11.8 Å². The molecule has 0 fully saturated rings. The minimum Gasteiger partial charge on any atom is -0.501 e. The molecule has 0 saturated heterocycles. The molecule has 0 saturated carbocycles. The molecule has 0 spiro atoms. The summed E-state index contributed by atoms with van der Waals surface area (Å²) in [6.07, 6.45) is -0.0655. The molecule has 6 heteroatoms. The molecule has 0 bridgehead atoms. The molecule has 17 heavy (non-hydrogen) atoms. The lowest BCUT2D eigenvalue weighted by Gasteiger charge is -1.99. The number of hydrogen-bond acceptors (Lipinski definition) is 5. The lowest BCUT2D eigenvalue weighted by Crippen LogP contribution is -1.92. The Morgan fingerprint density at radius 2 is 2.12 bits per heavy atom. The summed E-state index contributed by atoms with van der Waals surface area (Å²) in [6, 6.07) is 5.69. The fourth-order valence-electron chi connectivity index (χ4n) is 1.10. The Bertz CT molecular complexity index is 612. The molecule has 0 aliphatic carbocycles. The molecular weight excluding hydrogens is 222 g/mol. The summed E-state index contributed by atoms with van der Waals surface area (Å²) >= 11 is 0. The first kappa shape index (κ1) is 12.0. The number of nitro groups is 1. The summed E-state index contributed by atoms with van der Waals surface area (Å²) in [5.74, 6) is 4.21. The van der Waals surface area contributed by atoms with E-state index in [1.165, 1.54) is 6.07 Å². The Labute approximate surface area is 96.5 Å². The van der Waals surface area contributed by atoms with Crippen molar-refractivity contribution >= 4 is 5.69 Å². The second-order valence-corrected chi connectivity index (χ2v) is 2.90. The van der Waals surface area contributed by atoms with Gasteiger partial charge in [0, 0.05) is 6.07 Å². The van der Waals surface area contributed by atoms with Gasteiger partial charge in [-0.3, -0.25) is 10.1 Å². The minimum absolute atomic E-state index is 0.0238. The quantitative estimate of drug-likeness (QED) is 0.443. The molecule has 0 aliphatic rings.